The molecule has 0 atom stereocenters. The summed E-state index contributed by atoms with van der Waals surface area (Å²) < 4.78 is 13.4. The zero-order chi connectivity index (χ0) is 12.5. The first-order valence-corrected chi connectivity index (χ1v) is 6.26. The molecule has 0 bridgehead atoms. The van der Waals surface area contributed by atoms with E-state index >= 15 is 0 Å². The fourth-order valence-electron chi connectivity index (χ4n) is 2.17. The Kier molecular flexibility index (Phi) is 3.71. The molecule has 1 aliphatic heterocycles. The van der Waals surface area contributed by atoms with E-state index in [9.17, 15) is 4.39 Å². The van der Waals surface area contributed by atoms with Crippen molar-refractivity contribution in [3.8, 4) is 0 Å². The highest BCUT2D eigenvalue weighted by Gasteiger charge is 2.29. The smallest absolute Gasteiger partial charge is 0.142 e. The molecular weight excluding hydrogens is 239 g/mol. The van der Waals surface area contributed by atoms with Crippen molar-refractivity contribution in [1.29, 1.82) is 0 Å². The number of hydrogen-bond acceptors (Lipinski definition) is 2. The van der Waals surface area contributed by atoms with Gasteiger partial charge in [-0.15, -0.1) is 0 Å². The van der Waals surface area contributed by atoms with E-state index in [4.69, 9.17) is 11.6 Å². The third-order valence-electron chi connectivity index (χ3n) is 3.33. The zero-order valence-corrected chi connectivity index (χ0v) is 11.0. The first-order valence-electron chi connectivity index (χ1n) is 5.89. The number of halogens is 2. The van der Waals surface area contributed by atoms with E-state index in [2.05, 4.69) is 24.1 Å². The highest BCUT2D eigenvalue weighted by molar-refractivity contribution is 6.30. The molecule has 1 aromatic rings. The number of nitrogens with zero attached hydrogens (tertiary/aromatic N) is 1. The van der Waals surface area contributed by atoms with Gasteiger partial charge < -0.3 is 5.32 Å². The van der Waals surface area contributed by atoms with Gasteiger partial charge in [0.15, 0.2) is 0 Å². The molecule has 1 heterocycles. The Hall–Kier alpha value is -0.640. The summed E-state index contributed by atoms with van der Waals surface area (Å²) in [6.45, 7) is 8.10. The third kappa shape index (κ3) is 2.97. The molecule has 0 unspecified atom stereocenters. The molecule has 1 aromatic carbocycles. The minimum atomic E-state index is -0.336. The Balaban J connectivity index is 2.11. The molecule has 1 aliphatic rings. The molecule has 1 fully saturated rings. The van der Waals surface area contributed by atoms with Crippen LogP contribution in [0.5, 0.6) is 0 Å². The van der Waals surface area contributed by atoms with Crippen LogP contribution in [-0.4, -0.2) is 30.1 Å². The quantitative estimate of drug-likeness (QED) is 0.875. The lowest BCUT2D eigenvalue weighted by Gasteiger charge is -2.42. The molecule has 2 nitrogen and oxygen atoms in total. The Morgan fingerprint density at radius 1 is 1.47 bits per heavy atom. The molecule has 0 aliphatic carbocycles. The normalized spacial score (nSPS) is 20.5. The summed E-state index contributed by atoms with van der Waals surface area (Å²) in [7, 11) is 0. The van der Waals surface area contributed by atoms with E-state index in [1.807, 2.05) is 6.07 Å². The molecule has 0 aromatic heterocycles. The van der Waals surface area contributed by atoms with Gasteiger partial charge in [0.25, 0.3) is 0 Å². The largest absolute Gasteiger partial charge is 0.314 e. The topological polar surface area (TPSA) is 15.3 Å². The molecule has 94 valence electrons. The summed E-state index contributed by atoms with van der Waals surface area (Å²) in [4.78, 5) is 2.37. The van der Waals surface area contributed by atoms with E-state index in [1.165, 1.54) is 6.07 Å². The molecular formula is C13H18ClFN2. The molecule has 17 heavy (non-hydrogen) atoms. The first kappa shape index (κ1) is 12.8. The van der Waals surface area contributed by atoms with Crippen molar-refractivity contribution >= 4 is 11.6 Å². The molecule has 0 amide bonds. The fourth-order valence-corrected chi connectivity index (χ4v) is 2.29. The van der Waals surface area contributed by atoms with E-state index in [1.54, 1.807) is 6.07 Å². The lowest BCUT2D eigenvalue weighted by Crippen LogP contribution is -2.57. The standard InChI is InChI=1S/C13H18ClFN2/c1-13(2)9-16-5-6-17(13)8-10-3-4-11(14)12(15)7-10/h3-4,7,16H,5-6,8-9H2,1-2H3. The van der Waals surface area contributed by atoms with Crippen LogP contribution in [0.15, 0.2) is 18.2 Å². The van der Waals surface area contributed by atoms with Gasteiger partial charge in [0.1, 0.15) is 5.82 Å². The van der Waals surface area contributed by atoms with Crippen molar-refractivity contribution in [2.45, 2.75) is 25.9 Å². The highest BCUT2D eigenvalue weighted by atomic mass is 35.5. The van der Waals surface area contributed by atoms with Crippen molar-refractivity contribution in [2.75, 3.05) is 19.6 Å². The van der Waals surface area contributed by atoms with E-state index < -0.39 is 0 Å². The van der Waals surface area contributed by atoms with Crippen molar-refractivity contribution in [1.82, 2.24) is 10.2 Å². The predicted octanol–water partition coefficient (Wildman–Crippen LogP) is 2.66. The van der Waals surface area contributed by atoms with Crippen LogP contribution in [0.3, 0.4) is 0 Å². The number of nitrogens with one attached hydrogen (secondary N) is 1. The molecule has 4 heteroatoms. The van der Waals surface area contributed by atoms with Crippen molar-refractivity contribution in [3.05, 3.63) is 34.6 Å². The Labute approximate surface area is 107 Å². The number of hydrogen-bond donors (Lipinski definition) is 1. The van der Waals surface area contributed by atoms with E-state index in [0.717, 1.165) is 31.7 Å². The van der Waals surface area contributed by atoms with Crippen LogP contribution in [0.2, 0.25) is 5.02 Å². The van der Waals surface area contributed by atoms with Crippen LogP contribution in [0.1, 0.15) is 19.4 Å². The Bertz CT molecular complexity index is 406. The van der Waals surface area contributed by atoms with Crippen LogP contribution < -0.4 is 5.32 Å². The second kappa shape index (κ2) is 4.92. The predicted molar refractivity (Wildman–Crippen MR) is 68.8 cm³/mol. The van der Waals surface area contributed by atoms with Crippen LogP contribution >= 0.6 is 11.6 Å². The zero-order valence-electron chi connectivity index (χ0n) is 10.3. The molecule has 0 radical (unpaired) electrons. The second-order valence-corrected chi connectivity index (χ2v) is 5.57. The molecule has 1 N–H and O–H groups in total. The van der Waals surface area contributed by atoms with E-state index in [0.29, 0.717) is 0 Å². The van der Waals surface area contributed by atoms with Crippen LogP contribution in [0.25, 0.3) is 0 Å². The number of piperazine rings is 1. The number of rotatable bonds is 2. The molecule has 2 rings (SSSR count). The van der Waals surface area contributed by atoms with Crippen LogP contribution in [0.4, 0.5) is 4.39 Å². The molecule has 1 saturated heterocycles. The van der Waals surface area contributed by atoms with Gasteiger partial charge in [0, 0.05) is 31.7 Å². The maximum Gasteiger partial charge on any atom is 0.142 e. The molecule has 0 spiro atoms. The van der Waals surface area contributed by atoms with Crippen molar-refractivity contribution in [3.63, 3.8) is 0 Å². The van der Waals surface area contributed by atoms with Crippen molar-refractivity contribution < 1.29 is 4.39 Å². The summed E-state index contributed by atoms with van der Waals surface area (Å²) in [6, 6.07) is 5.05. The third-order valence-corrected chi connectivity index (χ3v) is 3.64. The van der Waals surface area contributed by atoms with Crippen molar-refractivity contribution in [2.24, 2.45) is 0 Å². The SMILES string of the molecule is CC1(C)CNCCN1Cc1ccc(Cl)c(F)c1. The lowest BCUT2D eigenvalue weighted by atomic mass is 9.99. The lowest BCUT2D eigenvalue weighted by molar-refractivity contribution is 0.0826. The van der Waals surface area contributed by atoms with Gasteiger partial charge in [-0.25, -0.2) is 4.39 Å². The van der Waals surface area contributed by atoms with Gasteiger partial charge in [-0.05, 0) is 31.5 Å². The number of benzene rings is 1. The van der Waals surface area contributed by atoms with Gasteiger partial charge in [-0.3, -0.25) is 4.90 Å². The maximum atomic E-state index is 13.4. The Morgan fingerprint density at radius 3 is 2.88 bits per heavy atom. The second-order valence-electron chi connectivity index (χ2n) is 5.16. The summed E-state index contributed by atoms with van der Waals surface area (Å²) in [5.41, 5.74) is 1.08. The Morgan fingerprint density at radius 2 is 2.24 bits per heavy atom. The van der Waals surface area contributed by atoms with Gasteiger partial charge in [-0.1, -0.05) is 17.7 Å². The monoisotopic (exact) mass is 256 g/mol. The minimum absolute atomic E-state index is 0.106. The first-order chi connectivity index (χ1) is 7.99. The summed E-state index contributed by atoms with van der Waals surface area (Å²) in [5, 5.41) is 3.56. The van der Waals surface area contributed by atoms with Gasteiger partial charge in [0.05, 0.1) is 5.02 Å². The minimum Gasteiger partial charge on any atom is -0.314 e. The van der Waals surface area contributed by atoms with Crippen LogP contribution in [0, 0.1) is 5.82 Å². The summed E-state index contributed by atoms with van der Waals surface area (Å²) in [5.74, 6) is -0.336. The summed E-state index contributed by atoms with van der Waals surface area (Å²) >= 11 is 5.68. The highest BCUT2D eigenvalue weighted by Crippen LogP contribution is 2.21. The average molecular weight is 257 g/mol. The van der Waals surface area contributed by atoms with Gasteiger partial charge in [-0.2, -0.15) is 0 Å². The molecule has 0 saturated carbocycles. The van der Waals surface area contributed by atoms with Crippen LogP contribution in [-0.2, 0) is 6.54 Å². The van der Waals surface area contributed by atoms with Gasteiger partial charge in [0.2, 0.25) is 0 Å². The van der Waals surface area contributed by atoms with Gasteiger partial charge >= 0.3 is 0 Å². The fraction of sp³-hybridized carbons (Fsp3) is 0.538. The summed E-state index contributed by atoms with van der Waals surface area (Å²) in [6.07, 6.45) is 0. The maximum absolute atomic E-state index is 13.4. The van der Waals surface area contributed by atoms with E-state index in [-0.39, 0.29) is 16.4 Å². The average Bonchev–Trinajstić information content (AvgIpc) is 2.26.